The van der Waals surface area contributed by atoms with E-state index in [0.29, 0.717) is 11.3 Å². The smallest absolute Gasteiger partial charge is 0.260 e. The van der Waals surface area contributed by atoms with E-state index in [2.05, 4.69) is 24.9 Å². The van der Waals surface area contributed by atoms with Crippen molar-refractivity contribution in [2.75, 3.05) is 31.1 Å². The minimum Gasteiger partial charge on any atom is -0.369 e. The number of aromatic nitrogens is 4. The molecule has 0 unspecified atom stereocenters. The zero-order chi connectivity index (χ0) is 19.1. The predicted octanol–water partition coefficient (Wildman–Crippen LogP) is 1.91. The molecular weight excluding hydrogens is 356 g/mol. The van der Waals surface area contributed by atoms with Crippen molar-refractivity contribution in [1.82, 2.24) is 24.6 Å². The highest BCUT2D eigenvalue weighted by atomic mass is 16.5. The highest BCUT2D eigenvalue weighted by Crippen LogP contribution is 2.35. The Balaban J connectivity index is 1.23. The van der Waals surface area contributed by atoms with Gasteiger partial charge in [-0.05, 0) is 31.0 Å². The van der Waals surface area contributed by atoms with Crippen LogP contribution >= 0.6 is 0 Å². The molecule has 3 aromatic rings. The first-order valence-electron chi connectivity index (χ1n) is 9.92. The highest BCUT2D eigenvalue weighted by Gasteiger charge is 2.26. The van der Waals surface area contributed by atoms with Gasteiger partial charge in [0.1, 0.15) is 0 Å². The summed E-state index contributed by atoms with van der Waals surface area (Å²) in [6, 6.07) is 5.91. The number of aryl methyl sites for hydroxylation is 1. The molecule has 146 valence electrons. The van der Waals surface area contributed by atoms with Gasteiger partial charge < -0.3 is 14.0 Å². The van der Waals surface area contributed by atoms with Crippen LogP contribution in [0.5, 0.6) is 0 Å². The summed E-state index contributed by atoms with van der Waals surface area (Å²) in [6.07, 6.45) is 5.19. The quantitative estimate of drug-likeness (QED) is 0.684. The maximum Gasteiger partial charge on any atom is 0.260 e. The molecule has 1 saturated heterocycles. The Hall–Kier alpha value is -2.74. The van der Waals surface area contributed by atoms with Crippen molar-refractivity contribution in [1.29, 1.82) is 0 Å². The molecule has 1 aliphatic carbocycles. The van der Waals surface area contributed by atoms with Crippen molar-refractivity contribution < 1.29 is 4.52 Å². The van der Waals surface area contributed by atoms with E-state index >= 15 is 0 Å². The minimum atomic E-state index is -0.0113. The lowest BCUT2D eigenvalue weighted by Crippen LogP contribution is -2.46. The van der Waals surface area contributed by atoms with Crippen LogP contribution in [0.15, 0.2) is 33.8 Å². The van der Waals surface area contributed by atoms with Gasteiger partial charge in [0.2, 0.25) is 5.89 Å². The molecule has 8 nitrogen and oxygen atoms in total. The number of nitrogens with zero attached hydrogens (tertiary/aromatic N) is 6. The Kier molecular flexibility index (Phi) is 4.35. The average Bonchev–Trinajstić information content (AvgIpc) is 3.11. The normalized spacial score (nSPS) is 18.5. The molecule has 1 saturated carbocycles. The lowest BCUT2D eigenvalue weighted by molar-refractivity contribution is 0.238. The van der Waals surface area contributed by atoms with Gasteiger partial charge in [-0.2, -0.15) is 4.98 Å². The molecule has 0 amide bonds. The Labute approximate surface area is 162 Å². The van der Waals surface area contributed by atoms with Crippen LogP contribution in [0.4, 0.5) is 5.69 Å². The Morgan fingerprint density at radius 2 is 2.00 bits per heavy atom. The van der Waals surface area contributed by atoms with Gasteiger partial charge >= 0.3 is 0 Å². The molecular formula is C20H24N6O2. The number of fused-ring (bicyclic) bond motifs is 1. The standard InChI is InChI=1S/C20H24N6O2/c1-24-13-21-17-11-15(5-6-16(17)20(24)27)26-9-7-25(8-10-26)12-18-22-19(28-23-18)14-3-2-4-14/h5-6,11,13-14H,2-4,7-10,12H2,1H3. The van der Waals surface area contributed by atoms with Gasteiger partial charge in [0.05, 0.1) is 23.8 Å². The minimum absolute atomic E-state index is 0.0113. The summed E-state index contributed by atoms with van der Waals surface area (Å²) in [5, 5.41) is 4.82. The van der Waals surface area contributed by atoms with Crippen molar-refractivity contribution >= 4 is 16.6 Å². The first-order chi connectivity index (χ1) is 13.7. The summed E-state index contributed by atoms with van der Waals surface area (Å²) in [5.74, 6) is 2.09. The van der Waals surface area contributed by atoms with Gasteiger partial charge in [0.25, 0.3) is 5.56 Å². The third-order valence-corrected chi connectivity index (χ3v) is 5.94. The summed E-state index contributed by atoms with van der Waals surface area (Å²) < 4.78 is 6.94. The Bertz CT molecular complexity index is 1050. The zero-order valence-electron chi connectivity index (χ0n) is 16.0. The summed E-state index contributed by atoms with van der Waals surface area (Å²) in [7, 11) is 1.72. The number of piperazine rings is 1. The van der Waals surface area contributed by atoms with Gasteiger partial charge in [-0.3, -0.25) is 9.69 Å². The first-order valence-corrected chi connectivity index (χ1v) is 9.92. The maximum absolute atomic E-state index is 12.2. The average molecular weight is 380 g/mol. The van der Waals surface area contributed by atoms with Crippen LogP contribution in [0.25, 0.3) is 10.9 Å². The van der Waals surface area contributed by atoms with Crippen molar-refractivity contribution in [3.63, 3.8) is 0 Å². The number of hydrogen-bond acceptors (Lipinski definition) is 7. The van der Waals surface area contributed by atoms with Gasteiger partial charge in [-0.25, -0.2) is 4.98 Å². The van der Waals surface area contributed by atoms with Crippen molar-refractivity contribution in [3.8, 4) is 0 Å². The van der Waals surface area contributed by atoms with Gasteiger partial charge in [-0.1, -0.05) is 11.6 Å². The van der Waals surface area contributed by atoms with E-state index < -0.39 is 0 Å². The fraction of sp³-hybridized carbons (Fsp3) is 0.500. The molecule has 2 fully saturated rings. The van der Waals surface area contributed by atoms with Crippen LogP contribution in [-0.2, 0) is 13.6 Å². The molecule has 0 bridgehead atoms. The van der Waals surface area contributed by atoms with E-state index in [-0.39, 0.29) is 5.56 Å². The van der Waals surface area contributed by atoms with Crippen molar-refractivity contribution in [3.05, 3.63) is 46.6 Å². The van der Waals surface area contributed by atoms with Crippen LogP contribution in [0.2, 0.25) is 0 Å². The molecule has 1 aliphatic heterocycles. The van der Waals surface area contributed by atoms with Crippen LogP contribution in [0, 0.1) is 0 Å². The summed E-state index contributed by atoms with van der Waals surface area (Å²) in [6.45, 7) is 4.46. The molecule has 0 radical (unpaired) electrons. The number of benzene rings is 1. The monoisotopic (exact) mass is 380 g/mol. The van der Waals surface area contributed by atoms with Gasteiger partial charge in [-0.15, -0.1) is 0 Å². The fourth-order valence-corrected chi connectivity index (χ4v) is 3.91. The van der Waals surface area contributed by atoms with Crippen molar-refractivity contribution in [2.45, 2.75) is 31.7 Å². The third kappa shape index (κ3) is 3.17. The van der Waals surface area contributed by atoms with Gasteiger partial charge in [0.15, 0.2) is 5.82 Å². The highest BCUT2D eigenvalue weighted by molar-refractivity contribution is 5.81. The molecule has 5 rings (SSSR count). The van der Waals surface area contributed by atoms with E-state index in [1.54, 1.807) is 13.4 Å². The lowest BCUT2D eigenvalue weighted by atomic mass is 9.85. The third-order valence-electron chi connectivity index (χ3n) is 5.94. The first kappa shape index (κ1) is 17.4. The molecule has 3 heterocycles. The zero-order valence-corrected chi connectivity index (χ0v) is 16.0. The van der Waals surface area contributed by atoms with E-state index in [4.69, 9.17) is 4.52 Å². The van der Waals surface area contributed by atoms with Crippen LogP contribution in [0.3, 0.4) is 0 Å². The molecule has 2 aliphatic rings. The van der Waals surface area contributed by atoms with E-state index in [9.17, 15) is 4.79 Å². The largest absolute Gasteiger partial charge is 0.369 e. The molecule has 8 heteroatoms. The fourth-order valence-electron chi connectivity index (χ4n) is 3.91. The molecule has 0 N–H and O–H groups in total. The molecule has 0 atom stereocenters. The van der Waals surface area contributed by atoms with Crippen molar-refractivity contribution in [2.24, 2.45) is 7.05 Å². The second kappa shape index (κ2) is 7.01. The summed E-state index contributed by atoms with van der Waals surface area (Å²) >= 11 is 0. The summed E-state index contributed by atoms with van der Waals surface area (Å²) in [4.78, 5) is 25.9. The van der Waals surface area contributed by atoms with E-state index in [1.165, 1.54) is 23.8 Å². The molecule has 0 spiro atoms. The number of hydrogen-bond donors (Lipinski definition) is 0. The second-order valence-electron chi connectivity index (χ2n) is 7.80. The SMILES string of the molecule is Cn1cnc2cc(N3CCN(Cc4noc(C5CCC5)n4)CC3)ccc2c1=O. The van der Waals surface area contributed by atoms with Gasteiger partial charge in [0, 0.05) is 44.8 Å². The predicted molar refractivity (Wildman–Crippen MR) is 105 cm³/mol. The maximum atomic E-state index is 12.2. The number of anilines is 1. The Morgan fingerprint density at radius 3 is 2.75 bits per heavy atom. The van der Waals surface area contributed by atoms with Crippen LogP contribution < -0.4 is 10.5 Å². The van der Waals surface area contributed by atoms with Crippen LogP contribution in [-0.4, -0.2) is 50.8 Å². The van der Waals surface area contributed by atoms with E-state index in [1.807, 2.05) is 18.2 Å². The number of rotatable bonds is 4. The van der Waals surface area contributed by atoms with Crippen LogP contribution in [0.1, 0.15) is 36.9 Å². The molecule has 1 aromatic carbocycles. The Morgan fingerprint density at radius 1 is 1.18 bits per heavy atom. The topological polar surface area (TPSA) is 80.3 Å². The lowest BCUT2D eigenvalue weighted by Gasteiger charge is -2.35. The second-order valence-corrected chi connectivity index (χ2v) is 7.80. The molecule has 28 heavy (non-hydrogen) atoms. The van der Waals surface area contributed by atoms with E-state index in [0.717, 1.165) is 55.6 Å². The summed E-state index contributed by atoms with van der Waals surface area (Å²) in [5.41, 5.74) is 1.85. The molecule has 2 aromatic heterocycles.